The second-order valence-corrected chi connectivity index (χ2v) is 8.50. The van der Waals surface area contributed by atoms with Crippen molar-refractivity contribution in [1.29, 1.82) is 0 Å². The lowest BCUT2D eigenvalue weighted by Gasteiger charge is -2.11. The second-order valence-electron chi connectivity index (χ2n) is 6.76. The first kappa shape index (κ1) is 18.4. The molecule has 0 radical (unpaired) electrons. The van der Waals surface area contributed by atoms with Gasteiger partial charge in [-0.3, -0.25) is 4.79 Å². The fraction of sp³-hybridized carbons (Fsp3) is 0.250. The summed E-state index contributed by atoms with van der Waals surface area (Å²) in [6, 6.07) is 11.0. The van der Waals surface area contributed by atoms with Crippen LogP contribution in [0.25, 0.3) is 10.9 Å². The highest BCUT2D eigenvalue weighted by atomic mass is 32.2. The molecular weight excluding hydrogens is 348 g/mol. The highest BCUT2D eigenvalue weighted by molar-refractivity contribution is 7.89. The Morgan fingerprint density at radius 1 is 0.923 bits per heavy atom. The molecule has 0 aliphatic heterocycles. The summed E-state index contributed by atoms with van der Waals surface area (Å²) < 4.78 is 27.8. The molecule has 136 valence electrons. The van der Waals surface area contributed by atoms with Crippen molar-refractivity contribution in [2.75, 3.05) is 0 Å². The smallest absolute Gasteiger partial charge is 0.252 e. The maximum absolute atomic E-state index is 12.6. The highest BCUT2D eigenvalue weighted by Crippen LogP contribution is 2.19. The predicted molar refractivity (Wildman–Crippen MR) is 104 cm³/mol. The summed E-state index contributed by atoms with van der Waals surface area (Å²) in [6.45, 7) is 7.47. The number of pyridine rings is 1. The summed E-state index contributed by atoms with van der Waals surface area (Å²) in [4.78, 5) is 15.4. The SMILES string of the molecule is Cc1ccc(C)c(S(=O)(=O)NCc2cc3c(C)cc(C)cc3[nH]c2=O)c1. The summed E-state index contributed by atoms with van der Waals surface area (Å²) in [6.07, 6.45) is 0. The molecule has 3 aromatic rings. The average Bonchev–Trinajstić information content (AvgIpc) is 2.55. The van der Waals surface area contributed by atoms with Crippen molar-refractivity contribution in [3.8, 4) is 0 Å². The number of nitrogens with one attached hydrogen (secondary N) is 2. The van der Waals surface area contributed by atoms with Crippen molar-refractivity contribution in [1.82, 2.24) is 9.71 Å². The summed E-state index contributed by atoms with van der Waals surface area (Å²) in [5, 5.41) is 0.913. The number of aromatic amines is 1. The molecule has 0 saturated heterocycles. The van der Waals surface area contributed by atoms with Gasteiger partial charge in [0.2, 0.25) is 10.0 Å². The van der Waals surface area contributed by atoms with E-state index in [1.54, 1.807) is 25.1 Å². The van der Waals surface area contributed by atoms with E-state index in [2.05, 4.69) is 9.71 Å². The quantitative estimate of drug-likeness (QED) is 0.740. The molecular formula is C20H22N2O3S. The Bertz CT molecular complexity index is 1160. The largest absolute Gasteiger partial charge is 0.322 e. The van der Waals surface area contributed by atoms with Crippen LogP contribution in [0.1, 0.15) is 27.8 Å². The molecule has 0 bridgehead atoms. The van der Waals surface area contributed by atoms with Crippen LogP contribution in [0, 0.1) is 27.7 Å². The predicted octanol–water partition coefficient (Wildman–Crippen LogP) is 3.24. The van der Waals surface area contributed by atoms with E-state index in [-0.39, 0.29) is 17.0 Å². The van der Waals surface area contributed by atoms with Crippen LogP contribution in [-0.4, -0.2) is 13.4 Å². The Labute approximate surface area is 153 Å². The number of aryl methyl sites for hydroxylation is 4. The Kier molecular flexibility index (Phi) is 4.73. The first-order chi connectivity index (χ1) is 12.2. The van der Waals surface area contributed by atoms with E-state index >= 15 is 0 Å². The van der Waals surface area contributed by atoms with Crippen molar-refractivity contribution < 1.29 is 8.42 Å². The average molecular weight is 370 g/mol. The normalized spacial score (nSPS) is 11.8. The van der Waals surface area contributed by atoms with Crippen molar-refractivity contribution >= 4 is 20.9 Å². The molecule has 0 amide bonds. The number of hydrogen-bond donors (Lipinski definition) is 2. The van der Waals surface area contributed by atoms with Gasteiger partial charge in [-0.25, -0.2) is 13.1 Å². The van der Waals surface area contributed by atoms with Gasteiger partial charge in [-0.15, -0.1) is 0 Å². The van der Waals surface area contributed by atoms with Gasteiger partial charge in [0.05, 0.1) is 4.90 Å². The molecule has 1 aromatic heterocycles. The van der Waals surface area contributed by atoms with E-state index in [0.29, 0.717) is 11.1 Å². The van der Waals surface area contributed by atoms with Crippen molar-refractivity contribution in [3.63, 3.8) is 0 Å². The van der Waals surface area contributed by atoms with Crippen LogP contribution >= 0.6 is 0 Å². The molecule has 3 rings (SSSR count). The summed E-state index contributed by atoms with van der Waals surface area (Å²) in [5.41, 5.74) is 4.49. The Hall–Kier alpha value is -2.44. The molecule has 0 saturated carbocycles. The summed E-state index contributed by atoms with van der Waals surface area (Å²) >= 11 is 0. The molecule has 1 heterocycles. The maximum atomic E-state index is 12.6. The topological polar surface area (TPSA) is 79.0 Å². The Morgan fingerprint density at radius 3 is 2.38 bits per heavy atom. The molecule has 0 aliphatic rings. The second kappa shape index (κ2) is 6.70. The van der Waals surface area contributed by atoms with E-state index in [1.165, 1.54) is 0 Å². The molecule has 2 aromatic carbocycles. The van der Waals surface area contributed by atoms with Gasteiger partial charge >= 0.3 is 0 Å². The fourth-order valence-electron chi connectivity index (χ4n) is 3.09. The number of hydrogen-bond acceptors (Lipinski definition) is 3. The molecule has 0 atom stereocenters. The Morgan fingerprint density at radius 2 is 1.65 bits per heavy atom. The van der Waals surface area contributed by atoms with Gasteiger partial charge in [-0.2, -0.15) is 0 Å². The van der Waals surface area contributed by atoms with E-state index in [9.17, 15) is 13.2 Å². The van der Waals surface area contributed by atoms with E-state index in [0.717, 1.165) is 27.6 Å². The van der Waals surface area contributed by atoms with Gasteiger partial charge < -0.3 is 4.98 Å². The van der Waals surface area contributed by atoms with Gasteiger partial charge in [0.1, 0.15) is 0 Å². The van der Waals surface area contributed by atoms with Crippen LogP contribution < -0.4 is 10.3 Å². The van der Waals surface area contributed by atoms with Crippen molar-refractivity contribution in [2.45, 2.75) is 39.1 Å². The third kappa shape index (κ3) is 3.57. The lowest BCUT2D eigenvalue weighted by molar-refractivity contribution is 0.580. The molecule has 0 aliphatic carbocycles. The molecule has 0 spiro atoms. The minimum Gasteiger partial charge on any atom is -0.322 e. The van der Waals surface area contributed by atoms with Gasteiger partial charge in [-0.1, -0.05) is 18.2 Å². The van der Waals surface area contributed by atoms with E-state index < -0.39 is 10.0 Å². The highest BCUT2D eigenvalue weighted by Gasteiger charge is 2.17. The first-order valence-corrected chi connectivity index (χ1v) is 9.86. The number of sulfonamides is 1. The van der Waals surface area contributed by atoms with Crippen LogP contribution in [0.5, 0.6) is 0 Å². The zero-order valence-corrected chi connectivity index (χ0v) is 16.1. The maximum Gasteiger partial charge on any atom is 0.252 e. The van der Waals surface area contributed by atoms with Crippen LogP contribution in [0.3, 0.4) is 0 Å². The lowest BCUT2D eigenvalue weighted by Crippen LogP contribution is -2.27. The summed E-state index contributed by atoms with van der Waals surface area (Å²) in [5.74, 6) is 0. The number of rotatable bonds is 4. The van der Waals surface area contributed by atoms with Gasteiger partial charge in [-0.05, 0) is 68.1 Å². The summed E-state index contributed by atoms with van der Waals surface area (Å²) in [7, 11) is -3.70. The molecule has 2 N–H and O–H groups in total. The third-order valence-electron chi connectivity index (χ3n) is 4.48. The van der Waals surface area contributed by atoms with Crippen molar-refractivity contribution in [2.24, 2.45) is 0 Å². The minimum atomic E-state index is -3.70. The number of fused-ring (bicyclic) bond motifs is 1. The Balaban J connectivity index is 1.95. The standard InChI is InChI=1S/C20H22N2O3S/c1-12-5-6-14(3)19(9-12)26(24,25)21-11-16-10-17-15(4)7-13(2)8-18(17)22-20(16)23/h5-10,21H,11H2,1-4H3,(H,22,23). The zero-order chi connectivity index (χ0) is 19.1. The number of H-pyrrole nitrogens is 1. The van der Waals surface area contributed by atoms with Crippen molar-refractivity contribution in [3.05, 3.63) is 74.6 Å². The zero-order valence-electron chi connectivity index (χ0n) is 15.3. The number of aromatic nitrogens is 1. The van der Waals surface area contributed by atoms with Crippen LogP contribution in [0.2, 0.25) is 0 Å². The van der Waals surface area contributed by atoms with Gasteiger partial charge in [0, 0.05) is 23.0 Å². The van der Waals surface area contributed by atoms with Crippen LogP contribution in [-0.2, 0) is 16.6 Å². The molecule has 5 nitrogen and oxygen atoms in total. The number of benzene rings is 2. The van der Waals surface area contributed by atoms with E-state index in [4.69, 9.17) is 0 Å². The van der Waals surface area contributed by atoms with Crippen LogP contribution in [0.15, 0.2) is 46.1 Å². The van der Waals surface area contributed by atoms with Gasteiger partial charge in [0.25, 0.3) is 5.56 Å². The molecule has 26 heavy (non-hydrogen) atoms. The molecule has 0 fully saturated rings. The van der Waals surface area contributed by atoms with Gasteiger partial charge in [0.15, 0.2) is 0 Å². The monoisotopic (exact) mass is 370 g/mol. The lowest BCUT2D eigenvalue weighted by atomic mass is 10.0. The molecule has 0 unspecified atom stereocenters. The third-order valence-corrected chi connectivity index (χ3v) is 6.02. The minimum absolute atomic E-state index is 0.0612. The van der Waals surface area contributed by atoms with E-state index in [1.807, 2.05) is 39.0 Å². The first-order valence-electron chi connectivity index (χ1n) is 8.37. The van der Waals surface area contributed by atoms with Crippen LogP contribution in [0.4, 0.5) is 0 Å². The fourth-order valence-corrected chi connectivity index (χ4v) is 4.43. The molecule has 6 heteroatoms.